The van der Waals surface area contributed by atoms with Crippen LogP contribution in [0.4, 0.5) is 0 Å². The summed E-state index contributed by atoms with van der Waals surface area (Å²) in [7, 11) is 0. The van der Waals surface area contributed by atoms with Gasteiger partial charge in [-0.2, -0.15) is 0 Å². The highest BCUT2D eigenvalue weighted by Gasteiger charge is 2.31. The zero-order chi connectivity index (χ0) is 12.9. The fourth-order valence-corrected chi connectivity index (χ4v) is 1.50. The van der Waals surface area contributed by atoms with Crippen LogP contribution in [0.1, 0.15) is 41.0 Å². The molecule has 1 amide bonds. The summed E-state index contributed by atoms with van der Waals surface area (Å²) in [6.45, 7) is 14.3. The predicted octanol–water partition coefficient (Wildman–Crippen LogP) is 2.17. The smallest absolute Gasteiger partial charge is 0.240 e. The van der Waals surface area contributed by atoms with Gasteiger partial charge in [-0.1, -0.05) is 26.3 Å². The van der Waals surface area contributed by atoms with Crippen molar-refractivity contribution >= 4 is 5.91 Å². The Morgan fingerprint density at radius 3 is 2.31 bits per heavy atom. The van der Waals surface area contributed by atoms with Gasteiger partial charge in [0.25, 0.3) is 0 Å². The Morgan fingerprint density at radius 2 is 2.00 bits per heavy atom. The van der Waals surface area contributed by atoms with Crippen LogP contribution in [0.15, 0.2) is 12.7 Å². The topological polar surface area (TPSA) is 46.3 Å². The van der Waals surface area contributed by atoms with Gasteiger partial charge >= 0.3 is 0 Å². The van der Waals surface area contributed by atoms with Crippen LogP contribution in [0.2, 0.25) is 0 Å². The lowest BCUT2D eigenvalue weighted by molar-refractivity contribution is -0.137. The van der Waals surface area contributed by atoms with Crippen molar-refractivity contribution in [1.29, 1.82) is 0 Å². The van der Waals surface area contributed by atoms with Crippen LogP contribution in [0.5, 0.6) is 0 Å². The van der Waals surface area contributed by atoms with Crippen molar-refractivity contribution in [3.05, 3.63) is 12.7 Å². The van der Waals surface area contributed by atoms with Crippen molar-refractivity contribution in [2.45, 2.75) is 52.6 Å². The highest BCUT2D eigenvalue weighted by atomic mass is 16.2. The molecular weight excluding hydrogens is 200 g/mol. The molecule has 0 bridgehead atoms. The first-order valence-electron chi connectivity index (χ1n) is 5.93. The molecule has 2 unspecified atom stereocenters. The second-order valence-corrected chi connectivity index (χ2v) is 5.32. The fraction of sp³-hybridized carbons (Fsp3) is 0.769. The third kappa shape index (κ3) is 3.97. The Labute approximate surface area is 99.7 Å². The largest absolute Gasteiger partial charge is 0.333 e. The van der Waals surface area contributed by atoms with Crippen LogP contribution >= 0.6 is 0 Å². The quantitative estimate of drug-likeness (QED) is 0.730. The zero-order valence-corrected chi connectivity index (χ0v) is 11.3. The summed E-state index contributed by atoms with van der Waals surface area (Å²) in [4.78, 5) is 14.0. The number of nitrogens with two attached hydrogens (primary N) is 1. The van der Waals surface area contributed by atoms with E-state index < -0.39 is 6.04 Å². The van der Waals surface area contributed by atoms with Crippen molar-refractivity contribution in [2.75, 3.05) is 6.54 Å². The average Bonchev–Trinajstić information content (AvgIpc) is 2.21. The van der Waals surface area contributed by atoms with E-state index in [-0.39, 0.29) is 17.4 Å². The molecule has 0 saturated heterocycles. The molecule has 0 aliphatic rings. The van der Waals surface area contributed by atoms with Crippen LogP contribution in [-0.4, -0.2) is 28.9 Å². The molecule has 0 aromatic carbocycles. The number of hydrogen-bond acceptors (Lipinski definition) is 2. The van der Waals surface area contributed by atoms with Crippen molar-refractivity contribution in [3.63, 3.8) is 0 Å². The Hall–Kier alpha value is -0.830. The third-order valence-electron chi connectivity index (χ3n) is 2.93. The van der Waals surface area contributed by atoms with Crippen LogP contribution < -0.4 is 5.73 Å². The molecule has 0 aromatic heterocycles. The average molecular weight is 226 g/mol. The molecule has 2 atom stereocenters. The van der Waals surface area contributed by atoms with E-state index in [9.17, 15) is 4.79 Å². The monoisotopic (exact) mass is 226 g/mol. The molecule has 3 heteroatoms. The summed E-state index contributed by atoms with van der Waals surface area (Å²) < 4.78 is 0. The standard InChI is InChI=1S/C13H26N2O/c1-7-9-15(13(4,5)6)12(16)11(14)10(3)8-2/h7,10-11H,1,8-9,14H2,2-6H3. The fourth-order valence-electron chi connectivity index (χ4n) is 1.50. The van der Waals surface area contributed by atoms with E-state index in [0.717, 1.165) is 6.42 Å². The second-order valence-electron chi connectivity index (χ2n) is 5.32. The lowest BCUT2D eigenvalue weighted by Crippen LogP contribution is -2.54. The number of hydrogen-bond donors (Lipinski definition) is 1. The molecule has 0 spiro atoms. The maximum absolute atomic E-state index is 12.2. The van der Waals surface area contributed by atoms with Crippen LogP contribution in [0.3, 0.4) is 0 Å². The summed E-state index contributed by atoms with van der Waals surface area (Å²) in [6.07, 6.45) is 2.66. The lowest BCUT2D eigenvalue weighted by atomic mass is 9.96. The van der Waals surface area contributed by atoms with Gasteiger partial charge in [0.1, 0.15) is 0 Å². The summed E-state index contributed by atoms with van der Waals surface area (Å²) in [5, 5.41) is 0. The summed E-state index contributed by atoms with van der Waals surface area (Å²) in [6, 6.07) is -0.413. The van der Waals surface area contributed by atoms with Crippen LogP contribution in [-0.2, 0) is 4.79 Å². The van der Waals surface area contributed by atoms with Crippen molar-refractivity contribution in [1.82, 2.24) is 4.90 Å². The molecule has 0 heterocycles. The first kappa shape index (κ1) is 15.2. The number of nitrogens with zero attached hydrogens (tertiary/aromatic N) is 1. The molecule has 0 aliphatic heterocycles. The van der Waals surface area contributed by atoms with E-state index in [4.69, 9.17) is 5.73 Å². The van der Waals surface area contributed by atoms with E-state index in [0.29, 0.717) is 6.54 Å². The highest BCUT2D eigenvalue weighted by Crippen LogP contribution is 2.17. The van der Waals surface area contributed by atoms with Gasteiger partial charge in [-0.15, -0.1) is 6.58 Å². The first-order chi connectivity index (χ1) is 7.25. The van der Waals surface area contributed by atoms with Gasteiger partial charge in [0.15, 0.2) is 0 Å². The Morgan fingerprint density at radius 1 is 1.50 bits per heavy atom. The van der Waals surface area contributed by atoms with Gasteiger partial charge in [-0.05, 0) is 26.7 Å². The van der Waals surface area contributed by atoms with E-state index >= 15 is 0 Å². The minimum atomic E-state index is -0.413. The molecule has 2 N–H and O–H groups in total. The first-order valence-corrected chi connectivity index (χ1v) is 5.93. The molecule has 0 aromatic rings. The van der Waals surface area contributed by atoms with Crippen molar-refractivity contribution in [3.8, 4) is 0 Å². The van der Waals surface area contributed by atoms with Crippen LogP contribution in [0.25, 0.3) is 0 Å². The number of rotatable bonds is 5. The SMILES string of the molecule is C=CCN(C(=O)C(N)C(C)CC)C(C)(C)C. The number of carbonyl (C=O) groups excluding carboxylic acids is 1. The number of amides is 1. The zero-order valence-electron chi connectivity index (χ0n) is 11.3. The minimum Gasteiger partial charge on any atom is -0.333 e. The molecule has 0 saturated carbocycles. The predicted molar refractivity (Wildman–Crippen MR) is 69.1 cm³/mol. The Balaban J connectivity index is 4.81. The molecule has 0 radical (unpaired) electrons. The second kappa shape index (κ2) is 6.04. The maximum Gasteiger partial charge on any atom is 0.240 e. The van der Waals surface area contributed by atoms with E-state index in [1.807, 2.05) is 34.6 Å². The van der Waals surface area contributed by atoms with Crippen LogP contribution in [0, 0.1) is 5.92 Å². The van der Waals surface area contributed by atoms with Gasteiger partial charge < -0.3 is 10.6 Å². The van der Waals surface area contributed by atoms with Crippen molar-refractivity contribution < 1.29 is 4.79 Å². The number of carbonyl (C=O) groups is 1. The maximum atomic E-state index is 12.2. The molecule has 0 fully saturated rings. The van der Waals surface area contributed by atoms with Gasteiger partial charge in [0.2, 0.25) is 5.91 Å². The van der Waals surface area contributed by atoms with E-state index in [2.05, 4.69) is 6.58 Å². The van der Waals surface area contributed by atoms with E-state index in [1.165, 1.54) is 0 Å². The van der Waals surface area contributed by atoms with Gasteiger partial charge in [-0.3, -0.25) is 4.79 Å². The molecule has 0 rings (SSSR count). The molecular formula is C13H26N2O. The summed E-state index contributed by atoms with van der Waals surface area (Å²) in [5.74, 6) is 0.226. The minimum absolute atomic E-state index is 0.0155. The Bertz CT molecular complexity index is 243. The van der Waals surface area contributed by atoms with Crippen molar-refractivity contribution in [2.24, 2.45) is 11.7 Å². The van der Waals surface area contributed by atoms with Gasteiger partial charge in [-0.25, -0.2) is 0 Å². The lowest BCUT2D eigenvalue weighted by Gasteiger charge is -2.37. The normalized spacial score (nSPS) is 15.4. The molecule has 0 aliphatic carbocycles. The summed E-state index contributed by atoms with van der Waals surface area (Å²) in [5.41, 5.74) is 5.76. The molecule has 16 heavy (non-hydrogen) atoms. The Kier molecular flexibility index (Phi) is 5.73. The van der Waals surface area contributed by atoms with E-state index in [1.54, 1.807) is 11.0 Å². The molecule has 3 nitrogen and oxygen atoms in total. The van der Waals surface area contributed by atoms with Gasteiger partial charge in [0, 0.05) is 12.1 Å². The van der Waals surface area contributed by atoms with Gasteiger partial charge in [0.05, 0.1) is 6.04 Å². The third-order valence-corrected chi connectivity index (χ3v) is 2.93. The summed E-state index contributed by atoms with van der Waals surface area (Å²) >= 11 is 0. The highest BCUT2D eigenvalue weighted by molar-refractivity contribution is 5.82. The molecule has 94 valence electrons.